The van der Waals surface area contributed by atoms with Crippen LogP contribution < -0.4 is 16.0 Å². The van der Waals surface area contributed by atoms with Crippen molar-refractivity contribution in [1.82, 2.24) is 25.9 Å². The Morgan fingerprint density at radius 3 is 2.55 bits per heavy atom. The fourth-order valence-electron chi connectivity index (χ4n) is 3.00. The van der Waals surface area contributed by atoms with Crippen LogP contribution in [0.1, 0.15) is 33.1 Å². The monoisotopic (exact) mass is 432 g/mol. The quantitative estimate of drug-likeness (QED) is 0.195. The summed E-state index contributed by atoms with van der Waals surface area (Å²) >= 11 is 5.52. The Kier molecular flexibility index (Phi) is 10.5. The van der Waals surface area contributed by atoms with Gasteiger partial charge in [0.1, 0.15) is 12.1 Å². The first kappa shape index (κ1) is 24.8. The molecular weight excluding hydrogens is 404 g/mol. The molecule has 12 heteroatoms. The number of halogens is 1. The minimum Gasteiger partial charge on any atom is -0.342 e. The fourth-order valence-corrected chi connectivity index (χ4v) is 3.13. The highest BCUT2D eigenvalue weighted by molar-refractivity contribution is 6.18. The van der Waals surface area contributed by atoms with Crippen molar-refractivity contribution in [2.45, 2.75) is 45.2 Å². The van der Waals surface area contributed by atoms with E-state index in [1.54, 1.807) is 0 Å². The summed E-state index contributed by atoms with van der Waals surface area (Å²) in [5.74, 6) is -1.25. The largest absolute Gasteiger partial charge is 0.343 e. The van der Waals surface area contributed by atoms with E-state index in [9.17, 15) is 24.1 Å². The highest BCUT2D eigenvalue weighted by atomic mass is 35.5. The van der Waals surface area contributed by atoms with Gasteiger partial charge in [0.2, 0.25) is 17.7 Å². The van der Waals surface area contributed by atoms with E-state index in [1.807, 2.05) is 13.8 Å². The molecule has 1 saturated heterocycles. The van der Waals surface area contributed by atoms with Crippen LogP contribution in [-0.2, 0) is 14.4 Å². The predicted molar refractivity (Wildman–Crippen MR) is 107 cm³/mol. The number of carbonyl (C=O) groups is 4. The molecule has 1 fully saturated rings. The molecule has 0 aromatic carbocycles. The van der Waals surface area contributed by atoms with Gasteiger partial charge in [0, 0.05) is 26.0 Å². The van der Waals surface area contributed by atoms with Crippen LogP contribution in [0.3, 0.4) is 0 Å². The second kappa shape index (κ2) is 12.3. The van der Waals surface area contributed by atoms with Crippen molar-refractivity contribution >= 4 is 35.4 Å². The predicted octanol–water partition coefficient (Wildman–Crippen LogP) is 0.186. The lowest BCUT2D eigenvalue weighted by Gasteiger charge is -2.27. The summed E-state index contributed by atoms with van der Waals surface area (Å²) in [6.45, 7) is 4.42. The SMILES string of the molecule is CC(C)C[C@H](NC(=O)[C@@H]1CCCN1C(=O)N(C)N=O)C(=O)NC(=O)CNCCCl. The molecular formula is C17H29ClN6O5. The zero-order chi connectivity index (χ0) is 22.0. The molecule has 11 nitrogen and oxygen atoms in total. The van der Waals surface area contributed by atoms with E-state index >= 15 is 0 Å². The molecule has 164 valence electrons. The van der Waals surface area contributed by atoms with E-state index in [0.717, 1.165) is 0 Å². The van der Waals surface area contributed by atoms with Crippen LogP contribution in [0, 0.1) is 10.8 Å². The van der Waals surface area contributed by atoms with Crippen molar-refractivity contribution in [2.24, 2.45) is 11.2 Å². The van der Waals surface area contributed by atoms with Crippen molar-refractivity contribution in [3.63, 3.8) is 0 Å². The van der Waals surface area contributed by atoms with E-state index in [4.69, 9.17) is 11.6 Å². The molecule has 1 heterocycles. The van der Waals surface area contributed by atoms with Crippen molar-refractivity contribution in [3.05, 3.63) is 4.91 Å². The first-order chi connectivity index (χ1) is 13.7. The van der Waals surface area contributed by atoms with Gasteiger partial charge in [-0.3, -0.25) is 19.7 Å². The number of amides is 5. The Morgan fingerprint density at radius 1 is 1.28 bits per heavy atom. The molecule has 0 aromatic heterocycles. The Hall–Kier alpha value is -2.27. The summed E-state index contributed by atoms with van der Waals surface area (Å²) in [6, 6.07) is -2.42. The number of urea groups is 1. The van der Waals surface area contributed by atoms with Gasteiger partial charge in [-0.05, 0) is 25.2 Å². The average molecular weight is 433 g/mol. The van der Waals surface area contributed by atoms with E-state index in [-0.39, 0.29) is 12.5 Å². The molecule has 0 saturated carbocycles. The summed E-state index contributed by atoms with van der Waals surface area (Å²) in [5, 5.41) is 10.9. The third-order valence-corrected chi connectivity index (χ3v) is 4.55. The van der Waals surface area contributed by atoms with Gasteiger partial charge in [0.05, 0.1) is 11.8 Å². The van der Waals surface area contributed by atoms with Gasteiger partial charge in [-0.2, -0.15) is 5.01 Å². The Morgan fingerprint density at radius 2 is 1.97 bits per heavy atom. The maximum absolute atomic E-state index is 12.7. The molecule has 5 amide bonds. The van der Waals surface area contributed by atoms with Gasteiger partial charge in [-0.15, -0.1) is 16.5 Å². The molecule has 0 aromatic rings. The molecule has 3 N–H and O–H groups in total. The van der Waals surface area contributed by atoms with Crippen molar-refractivity contribution in [1.29, 1.82) is 0 Å². The maximum atomic E-state index is 12.7. The van der Waals surface area contributed by atoms with E-state index < -0.39 is 35.8 Å². The number of nitrogens with zero attached hydrogens (tertiary/aromatic N) is 3. The highest BCUT2D eigenvalue weighted by Crippen LogP contribution is 2.19. The number of rotatable bonds is 10. The van der Waals surface area contributed by atoms with Gasteiger partial charge in [-0.1, -0.05) is 13.8 Å². The Labute approximate surface area is 174 Å². The molecule has 0 radical (unpaired) electrons. The zero-order valence-corrected chi connectivity index (χ0v) is 17.7. The second-order valence-electron chi connectivity index (χ2n) is 7.21. The number of imide groups is 1. The second-order valence-corrected chi connectivity index (χ2v) is 7.59. The smallest absolute Gasteiger partial charge is 0.342 e. The molecule has 0 bridgehead atoms. The van der Waals surface area contributed by atoms with Gasteiger partial charge in [-0.25, -0.2) is 4.79 Å². The van der Waals surface area contributed by atoms with Crippen LogP contribution in [0.4, 0.5) is 4.79 Å². The third kappa shape index (κ3) is 7.94. The highest BCUT2D eigenvalue weighted by Gasteiger charge is 2.37. The van der Waals surface area contributed by atoms with Crippen LogP contribution in [0.5, 0.6) is 0 Å². The third-order valence-electron chi connectivity index (χ3n) is 4.36. The minimum absolute atomic E-state index is 0.0715. The van der Waals surface area contributed by atoms with Crippen molar-refractivity contribution in [2.75, 3.05) is 32.6 Å². The summed E-state index contributed by atoms with van der Waals surface area (Å²) in [6.07, 6.45) is 1.31. The summed E-state index contributed by atoms with van der Waals surface area (Å²) in [4.78, 5) is 61.1. The van der Waals surface area contributed by atoms with Crippen LogP contribution in [0.15, 0.2) is 5.29 Å². The van der Waals surface area contributed by atoms with Crippen LogP contribution in [-0.4, -0.2) is 78.3 Å². The lowest BCUT2D eigenvalue weighted by atomic mass is 10.0. The molecule has 2 atom stereocenters. The van der Waals surface area contributed by atoms with Crippen molar-refractivity contribution < 1.29 is 19.2 Å². The molecule has 1 aliphatic heterocycles. The topological polar surface area (TPSA) is 140 Å². The number of alkyl halides is 1. The summed E-state index contributed by atoms with van der Waals surface area (Å²) in [7, 11) is 1.21. The Balaban J connectivity index is 2.77. The zero-order valence-electron chi connectivity index (χ0n) is 16.9. The first-order valence-electron chi connectivity index (χ1n) is 9.49. The van der Waals surface area contributed by atoms with Gasteiger partial charge < -0.3 is 15.5 Å². The number of nitrogens with one attached hydrogen (secondary N) is 3. The molecule has 1 aliphatic rings. The standard InChI is InChI=1S/C17H29ClN6O5/c1-11(2)9-12(15(26)21-14(25)10-19-7-6-18)20-16(27)13-5-4-8-24(13)17(28)23(3)22-29/h11-13,19H,4-10H2,1-3H3,(H,20,27)(H,21,25,26)/t12-,13-/m0/s1. The number of hydrogen-bond acceptors (Lipinski definition) is 7. The molecule has 0 aliphatic carbocycles. The Bertz CT molecular complexity index is 617. The van der Waals surface area contributed by atoms with Crippen LogP contribution in [0.25, 0.3) is 0 Å². The lowest BCUT2D eigenvalue weighted by molar-refractivity contribution is -0.135. The van der Waals surface area contributed by atoms with E-state index in [0.29, 0.717) is 43.2 Å². The fraction of sp³-hybridized carbons (Fsp3) is 0.765. The van der Waals surface area contributed by atoms with Gasteiger partial charge in [0.15, 0.2) is 0 Å². The van der Waals surface area contributed by atoms with Gasteiger partial charge >= 0.3 is 6.03 Å². The number of nitroso groups, excluding NO2 is 1. The van der Waals surface area contributed by atoms with Crippen LogP contribution >= 0.6 is 11.6 Å². The molecule has 1 rings (SSSR count). The number of carbonyl (C=O) groups excluding carboxylic acids is 4. The normalized spacial score (nSPS) is 17.0. The van der Waals surface area contributed by atoms with Gasteiger partial charge in [0.25, 0.3) is 0 Å². The van der Waals surface area contributed by atoms with E-state index in [2.05, 4.69) is 21.2 Å². The molecule has 0 spiro atoms. The lowest BCUT2D eigenvalue weighted by Crippen LogP contribution is -2.55. The van der Waals surface area contributed by atoms with Crippen molar-refractivity contribution in [3.8, 4) is 0 Å². The maximum Gasteiger partial charge on any atom is 0.343 e. The number of likely N-dealkylation sites (tertiary alicyclic amines) is 1. The minimum atomic E-state index is -0.932. The summed E-state index contributed by atoms with van der Waals surface area (Å²) in [5.41, 5.74) is 0. The molecule has 0 unspecified atom stereocenters. The van der Waals surface area contributed by atoms with Crippen LogP contribution in [0.2, 0.25) is 0 Å². The molecule has 29 heavy (non-hydrogen) atoms. The first-order valence-corrected chi connectivity index (χ1v) is 10.0. The summed E-state index contributed by atoms with van der Waals surface area (Å²) < 4.78 is 0. The van der Waals surface area contributed by atoms with E-state index in [1.165, 1.54) is 11.9 Å². The number of hydrogen-bond donors (Lipinski definition) is 3. The average Bonchev–Trinajstić information content (AvgIpc) is 3.15.